The van der Waals surface area contributed by atoms with Crippen LogP contribution in [0.1, 0.15) is 92.9 Å². The molecular weight excluding hydrogens is 435 g/mol. The molecule has 1 fully saturated rings. The largest absolute Gasteiger partial charge is 0.459 e. The summed E-state index contributed by atoms with van der Waals surface area (Å²) in [5.74, 6) is -7.32. The molecule has 188 valence electrons. The number of alkyl halides is 5. The first-order valence-corrected chi connectivity index (χ1v) is 11.2. The SMILES string of the molecule is CCC(C)(C)CC(C(=O)OC1(CC(=O)OCC(F)(F)C(F)(F)F)CCCCC1)C(C)(C)C. The lowest BCUT2D eigenvalue weighted by Crippen LogP contribution is -2.45. The third-order valence-electron chi connectivity index (χ3n) is 6.42. The van der Waals surface area contributed by atoms with Gasteiger partial charge in [-0.1, -0.05) is 54.4 Å². The van der Waals surface area contributed by atoms with E-state index in [4.69, 9.17) is 4.74 Å². The molecule has 0 radical (unpaired) electrons. The Labute approximate surface area is 187 Å². The van der Waals surface area contributed by atoms with Crippen molar-refractivity contribution in [2.45, 2.75) is 111 Å². The first-order chi connectivity index (χ1) is 14.3. The van der Waals surface area contributed by atoms with Gasteiger partial charge in [-0.05, 0) is 42.9 Å². The van der Waals surface area contributed by atoms with Crippen molar-refractivity contribution in [3.8, 4) is 0 Å². The van der Waals surface area contributed by atoms with E-state index in [1.165, 1.54) is 0 Å². The van der Waals surface area contributed by atoms with Crippen LogP contribution in [0, 0.1) is 16.7 Å². The van der Waals surface area contributed by atoms with Gasteiger partial charge < -0.3 is 9.47 Å². The van der Waals surface area contributed by atoms with E-state index in [-0.39, 0.29) is 5.41 Å². The molecule has 1 atom stereocenters. The molecular formula is C23H37F5O4. The van der Waals surface area contributed by atoms with E-state index in [2.05, 4.69) is 4.74 Å². The summed E-state index contributed by atoms with van der Waals surface area (Å²) in [6.07, 6.45) is -2.13. The van der Waals surface area contributed by atoms with Crippen molar-refractivity contribution in [3.63, 3.8) is 0 Å². The number of esters is 2. The Morgan fingerprint density at radius 2 is 1.47 bits per heavy atom. The van der Waals surface area contributed by atoms with Crippen LogP contribution in [0.3, 0.4) is 0 Å². The van der Waals surface area contributed by atoms with Crippen LogP contribution in [0.15, 0.2) is 0 Å². The Bertz CT molecular complexity index is 644. The van der Waals surface area contributed by atoms with Crippen LogP contribution in [0.25, 0.3) is 0 Å². The average Bonchev–Trinajstić information content (AvgIpc) is 2.63. The van der Waals surface area contributed by atoms with E-state index in [9.17, 15) is 31.5 Å². The molecule has 1 unspecified atom stereocenters. The molecule has 0 aliphatic heterocycles. The van der Waals surface area contributed by atoms with E-state index >= 15 is 0 Å². The molecule has 9 heteroatoms. The van der Waals surface area contributed by atoms with E-state index < -0.39 is 54.0 Å². The van der Waals surface area contributed by atoms with Crippen LogP contribution in [-0.2, 0) is 19.1 Å². The summed E-state index contributed by atoms with van der Waals surface area (Å²) < 4.78 is 73.4. The van der Waals surface area contributed by atoms with Gasteiger partial charge >= 0.3 is 24.0 Å². The maximum absolute atomic E-state index is 13.2. The third-order valence-corrected chi connectivity index (χ3v) is 6.42. The first-order valence-electron chi connectivity index (χ1n) is 11.2. The second kappa shape index (κ2) is 10.2. The number of hydrogen-bond donors (Lipinski definition) is 0. The minimum Gasteiger partial charge on any atom is -0.459 e. The molecule has 1 rings (SSSR count). The Balaban J connectivity index is 2.98. The van der Waals surface area contributed by atoms with E-state index in [0.717, 1.165) is 12.8 Å². The summed E-state index contributed by atoms with van der Waals surface area (Å²) in [5, 5.41) is 0. The highest BCUT2D eigenvalue weighted by molar-refractivity contribution is 5.76. The van der Waals surface area contributed by atoms with Gasteiger partial charge in [-0.15, -0.1) is 0 Å². The van der Waals surface area contributed by atoms with Gasteiger partial charge in [0.15, 0.2) is 6.61 Å². The lowest BCUT2D eigenvalue weighted by Gasteiger charge is -2.41. The number of carbonyl (C=O) groups is 2. The molecule has 0 N–H and O–H groups in total. The molecule has 1 aliphatic carbocycles. The van der Waals surface area contributed by atoms with E-state index in [0.29, 0.717) is 32.1 Å². The molecule has 0 spiro atoms. The minimum absolute atomic E-state index is 0.126. The predicted octanol–water partition coefficient (Wildman–Crippen LogP) is 6.85. The quantitative estimate of drug-likeness (QED) is 0.272. The normalized spacial score (nSPS) is 18.7. The Morgan fingerprint density at radius 3 is 1.91 bits per heavy atom. The van der Waals surface area contributed by atoms with E-state index in [1.807, 2.05) is 41.5 Å². The van der Waals surface area contributed by atoms with Crippen LogP contribution < -0.4 is 0 Å². The zero-order valence-corrected chi connectivity index (χ0v) is 20.0. The van der Waals surface area contributed by atoms with Crippen LogP contribution >= 0.6 is 0 Å². The van der Waals surface area contributed by atoms with Crippen molar-refractivity contribution in [2.75, 3.05) is 6.61 Å². The molecule has 0 amide bonds. The van der Waals surface area contributed by atoms with Gasteiger partial charge in [-0.25, -0.2) is 0 Å². The highest BCUT2D eigenvalue weighted by atomic mass is 19.4. The lowest BCUT2D eigenvalue weighted by atomic mass is 9.70. The van der Waals surface area contributed by atoms with Gasteiger partial charge in [0.25, 0.3) is 0 Å². The monoisotopic (exact) mass is 472 g/mol. The number of hydrogen-bond acceptors (Lipinski definition) is 4. The highest BCUT2D eigenvalue weighted by Gasteiger charge is 2.58. The second-order valence-corrected chi connectivity index (χ2v) is 10.8. The van der Waals surface area contributed by atoms with Crippen molar-refractivity contribution < 1.29 is 41.0 Å². The van der Waals surface area contributed by atoms with Gasteiger partial charge in [0.05, 0.1) is 12.3 Å². The molecule has 0 aromatic rings. The molecule has 0 heterocycles. The lowest BCUT2D eigenvalue weighted by molar-refractivity contribution is -0.294. The minimum atomic E-state index is -5.81. The zero-order valence-electron chi connectivity index (χ0n) is 20.0. The maximum atomic E-state index is 13.2. The Morgan fingerprint density at radius 1 is 0.938 bits per heavy atom. The number of carbonyl (C=O) groups excluding carboxylic acids is 2. The van der Waals surface area contributed by atoms with Gasteiger partial charge in [-0.2, -0.15) is 22.0 Å². The fraction of sp³-hybridized carbons (Fsp3) is 0.913. The van der Waals surface area contributed by atoms with Crippen molar-refractivity contribution in [3.05, 3.63) is 0 Å². The number of rotatable bonds is 9. The number of ether oxygens (including phenoxy) is 2. The van der Waals surface area contributed by atoms with Crippen LogP contribution in [0.4, 0.5) is 22.0 Å². The van der Waals surface area contributed by atoms with Crippen molar-refractivity contribution in [1.82, 2.24) is 0 Å². The highest BCUT2D eigenvalue weighted by Crippen LogP contribution is 2.42. The summed E-state index contributed by atoms with van der Waals surface area (Å²) in [7, 11) is 0. The van der Waals surface area contributed by atoms with Gasteiger partial charge in [0, 0.05) is 0 Å². The standard InChI is InChI=1S/C23H37F5O4/c1-7-20(5,6)13-16(19(2,3)4)18(30)32-21(11-9-8-10-12-21)14-17(29)31-15-22(24,25)23(26,27)28/h16H,7-15H2,1-6H3. The Hall–Kier alpha value is -1.41. The van der Waals surface area contributed by atoms with Gasteiger partial charge in [0.2, 0.25) is 0 Å². The fourth-order valence-corrected chi connectivity index (χ4v) is 3.80. The van der Waals surface area contributed by atoms with Gasteiger partial charge in [-0.3, -0.25) is 9.59 Å². The molecule has 1 aliphatic rings. The van der Waals surface area contributed by atoms with Crippen LogP contribution in [-0.4, -0.2) is 36.2 Å². The van der Waals surface area contributed by atoms with Crippen molar-refractivity contribution in [2.24, 2.45) is 16.7 Å². The Kier molecular flexibility index (Phi) is 9.16. The molecule has 32 heavy (non-hydrogen) atoms. The summed E-state index contributed by atoms with van der Waals surface area (Å²) in [4.78, 5) is 25.4. The molecule has 1 saturated carbocycles. The van der Waals surface area contributed by atoms with Crippen LogP contribution in [0.5, 0.6) is 0 Å². The number of halogens is 5. The topological polar surface area (TPSA) is 52.6 Å². The molecule has 4 nitrogen and oxygen atoms in total. The smallest absolute Gasteiger partial charge is 0.456 e. The summed E-state index contributed by atoms with van der Waals surface area (Å²) in [6, 6.07) is 0. The van der Waals surface area contributed by atoms with Crippen molar-refractivity contribution in [1.29, 1.82) is 0 Å². The fourth-order valence-electron chi connectivity index (χ4n) is 3.80. The molecule has 0 aromatic carbocycles. The summed E-state index contributed by atoms with van der Waals surface area (Å²) in [5.41, 5.74) is -1.80. The van der Waals surface area contributed by atoms with Crippen molar-refractivity contribution >= 4 is 11.9 Å². The average molecular weight is 473 g/mol. The summed E-state index contributed by atoms with van der Waals surface area (Å²) >= 11 is 0. The molecule has 0 aromatic heterocycles. The maximum Gasteiger partial charge on any atom is 0.456 e. The molecule has 0 saturated heterocycles. The second-order valence-electron chi connectivity index (χ2n) is 10.8. The molecule has 0 bridgehead atoms. The zero-order chi connectivity index (χ0) is 25.0. The van der Waals surface area contributed by atoms with Crippen LogP contribution in [0.2, 0.25) is 0 Å². The predicted molar refractivity (Wildman–Crippen MR) is 110 cm³/mol. The summed E-state index contributed by atoms with van der Waals surface area (Å²) in [6.45, 7) is 9.80. The van der Waals surface area contributed by atoms with Gasteiger partial charge in [0.1, 0.15) is 5.60 Å². The first kappa shape index (κ1) is 28.6. The third kappa shape index (κ3) is 8.18. The van der Waals surface area contributed by atoms with E-state index in [1.54, 1.807) is 0 Å².